The van der Waals surface area contributed by atoms with E-state index in [9.17, 15) is 15.0 Å². The van der Waals surface area contributed by atoms with Crippen LogP contribution in [0.5, 0.6) is 17.2 Å². The molecule has 35 heavy (non-hydrogen) atoms. The zero-order chi connectivity index (χ0) is 25.0. The van der Waals surface area contributed by atoms with Gasteiger partial charge in [-0.05, 0) is 23.3 Å². The molecule has 0 unspecified atom stereocenters. The van der Waals surface area contributed by atoms with E-state index in [0.717, 1.165) is 0 Å². The van der Waals surface area contributed by atoms with E-state index in [-0.39, 0.29) is 17.1 Å². The average molecular weight is 497 g/mol. The number of carbonyl (C=O) groups is 1. The summed E-state index contributed by atoms with van der Waals surface area (Å²) in [6, 6.07) is 19.2. The topological polar surface area (TPSA) is 94.5 Å². The number of halogens is 1. The van der Waals surface area contributed by atoms with Crippen LogP contribution in [0.1, 0.15) is 22.6 Å². The van der Waals surface area contributed by atoms with Crippen molar-refractivity contribution in [2.24, 2.45) is 5.92 Å². The number of ether oxygens (including phenoxy) is 4. The van der Waals surface area contributed by atoms with Gasteiger partial charge in [0, 0.05) is 23.1 Å². The minimum atomic E-state index is -2.09. The van der Waals surface area contributed by atoms with E-state index >= 15 is 0 Å². The van der Waals surface area contributed by atoms with Crippen molar-refractivity contribution in [2.45, 2.75) is 23.2 Å². The fourth-order valence-electron chi connectivity index (χ4n) is 5.76. The van der Waals surface area contributed by atoms with Gasteiger partial charge in [-0.1, -0.05) is 54.1 Å². The molecule has 3 aromatic carbocycles. The summed E-state index contributed by atoms with van der Waals surface area (Å²) in [7, 11) is 4.22. The first-order valence-electron chi connectivity index (χ1n) is 11.1. The Morgan fingerprint density at radius 1 is 1.00 bits per heavy atom. The third kappa shape index (κ3) is 3.08. The normalized spacial score (nSPS) is 28.6. The second kappa shape index (κ2) is 8.45. The first-order chi connectivity index (χ1) is 16.8. The van der Waals surface area contributed by atoms with E-state index in [1.807, 2.05) is 30.3 Å². The summed E-state index contributed by atoms with van der Waals surface area (Å²) in [6.45, 7) is 0. The number of hydrogen-bond acceptors (Lipinski definition) is 7. The lowest BCUT2D eigenvalue weighted by Gasteiger charge is -2.40. The molecule has 1 saturated carbocycles. The minimum absolute atomic E-state index is 0.232. The zero-order valence-corrected chi connectivity index (χ0v) is 20.2. The Labute approximate surface area is 207 Å². The van der Waals surface area contributed by atoms with Crippen molar-refractivity contribution >= 4 is 17.6 Å². The number of fused-ring (bicyclic) bond motifs is 3. The van der Waals surface area contributed by atoms with Crippen LogP contribution in [0.4, 0.5) is 0 Å². The molecule has 1 heterocycles. The Balaban J connectivity index is 1.89. The highest BCUT2D eigenvalue weighted by molar-refractivity contribution is 6.30. The number of rotatable bonds is 5. The van der Waals surface area contributed by atoms with E-state index in [0.29, 0.717) is 21.9 Å². The van der Waals surface area contributed by atoms with Gasteiger partial charge in [-0.25, -0.2) is 0 Å². The van der Waals surface area contributed by atoms with E-state index in [4.69, 9.17) is 30.5 Å². The van der Waals surface area contributed by atoms with Gasteiger partial charge < -0.3 is 29.2 Å². The summed E-state index contributed by atoms with van der Waals surface area (Å²) < 4.78 is 22.8. The highest BCUT2D eigenvalue weighted by atomic mass is 35.5. The van der Waals surface area contributed by atoms with Crippen LogP contribution >= 0.6 is 11.6 Å². The Morgan fingerprint density at radius 3 is 2.29 bits per heavy atom. The second-order valence-electron chi connectivity index (χ2n) is 8.70. The van der Waals surface area contributed by atoms with Gasteiger partial charge in [0.25, 0.3) is 0 Å². The van der Waals surface area contributed by atoms with Gasteiger partial charge in [0.15, 0.2) is 11.2 Å². The summed E-state index contributed by atoms with van der Waals surface area (Å²) in [6.07, 6.45) is -1.60. The summed E-state index contributed by atoms with van der Waals surface area (Å²) >= 11 is 6.19. The van der Waals surface area contributed by atoms with Crippen molar-refractivity contribution in [1.82, 2.24) is 0 Å². The predicted octanol–water partition coefficient (Wildman–Crippen LogP) is 3.78. The maximum atomic E-state index is 13.2. The molecule has 0 bridgehead atoms. The first-order valence-corrected chi connectivity index (χ1v) is 11.5. The van der Waals surface area contributed by atoms with Crippen molar-refractivity contribution in [2.75, 3.05) is 21.3 Å². The van der Waals surface area contributed by atoms with E-state index in [1.165, 1.54) is 21.3 Å². The number of esters is 1. The third-order valence-electron chi connectivity index (χ3n) is 7.18. The van der Waals surface area contributed by atoms with Crippen molar-refractivity contribution in [3.05, 3.63) is 88.4 Å². The minimum Gasteiger partial charge on any atom is -0.496 e. The molecule has 0 amide bonds. The Bertz CT molecular complexity index is 1260. The van der Waals surface area contributed by atoms with Gasteiger partial charge in [-0.2, -0.15) is 0 Å². The number of aliphatic hydroxyl groups excluding tert-OH is 1. The smallest absolute Gasteiger partial charge is 0.312 e. The molecule has 7 nitrogen and oxygen atoms in total. The van der Waals surface area contributed by atoms with Crippen molar-refractivity contribution in [3.63, 3.8) is 0 Å². The number of benzene rings is 3. The molecular weight excluding hydrogens is 472 g/mol. The van der Waals surface area contributed by atoms with Crippen molar-refractivity contribution in [3.8, 4) is 17.2 Å². The van der Waals surface area contributed by atoms with Crippen LogP contribution in [0.25, 0.3) is 0 Å². The lowest BCUT2D eigenvalue weighted by Crippen LogP contribution is -2.52. The lowest BCUT2D eigenvalue weighted by atomic mass is 9.70. The predicted molar refractivity (Wildman–Crippen MR) is 128 cm³/mol. The van der Waals surface area contributed by atoms with Crippen LogP contribution in [-0.4, -0.2) is 43.6 Å². The molecule has 0 saturated heterocycles. The molecule has 1 aliphatic heterocycles. The maximum Gasteiger partial charge on any atom is 0.312 e. The highest BCUT2D eigenvalue weighted by Crippen LogP contribution is 2.70. The van der Waals surface area contributed by atoms with Gasteiger partial charge in [0.1, 0.15) is 23.4 Å². The fourth-order valence-corrected chi connectivity index (χ4v) is 5.89. The second-order valence-corrected chi connectivity index (χ2v) is 9.13. The number of methoxy groups -OCH3 is 3. The van der Waals surface area contributed by atoms with Gasteiger partial charge in [-0.3, -0.25) is 4.79 Å². The van der Waals surface area contributed by atoms with Crippen LogP contribution in [0.3, 0.4) is 0 Å². The van der Waals surface area contributed by atoms with E-state index in [2.05, 4.69) is 0 Å². The maximum absolute atomic E-state index is 13.2. The molecular formula is C27H25ClO7. The van der Waals surface area contributed by atoms with Gasteiger partial charge in [0.05, 0.1) is 32.8 Å². The van der Waals surface area contributed by atoms with Crippen LogP contribution in [0.15, 0.2) is 66.7 Å². The number of aliphatic hydroxyl groups is 2. The molecule has 2 aliphatic rings. The average Bonchev–Trinajstić information content (AvgIpc) is 3.26. The SMILES string of the molecule is COC(=O)[C@H]1[C@@H](O)[C@@]2(O)c3c(OC)cc(OC)cc3O[C@@]2(c2ccc(Cl)cc2)[C@@H]1c1ccccc1. The molecule has 1 fully saturated rings. The molecule has 0 spiro atoms. The molecule has 1 aliphatic carbocycles. The van der Waals surface area contributed by atoms with Gasteiger partial charge in [-0.15, -0.1) is 0 Å². The van der Waals surface area contributed by atoms with Gasteiger partial charge in [0.2, 0.25) is 0 Å². The van der Waals surface area contributed by atoms with Crippen molar-refractivity contribution in [1.29, 1.82) is 0 Å². The molecule has 0 radical (unpaired) electrons. The molecule has 0 aromatic heterocycles. The standard InChI is InChI=1S/C27H25ClO7/c1-32-18-13-19(33-2)23-20(14-18)35-27(16-9-11-17(28)12-10-16)22(15-7-5-4-6-8-15)21(25(30)34-3)24(29)26(23,27)31/h4-14,21-22,24,29,31H,1-3H3/t21-,22-,24-,26+,27+/m1/s1. The molecule has 8 heteroatoms. The number of carbonyl (C=O) groups excluding carboxylic acids is 1. The molecule has 2 N–H and O–H groups in total. The highest BCUT2D eigenvalue weighted by Gasteiger charge is 2.78. The van der Waals surface area contributed by atoms with Crippen LogP contribution in [0, 0.1) is 5.92 Å². The van der Waals surface area contributed by atoms with Gasteiger partial charge >= 0.3 is 5.97 Å². The lowest BCUT2D eigenvalue weighted by molar-refractivity contribution is -0.161. The summed E-state index contributed by atoms with van der Waals surface area (Å²) in [5, 5.41) is 24.9. The molecule has 3 aromatic rings. The molecule has 5 rings (SSSR count). The molecule has 5 atom stereocenters. The summed E-state index contributed by atoms with van der Waals surface area (Å²) in [4.78, 5) is 13.2. The Kier molecular flexibility index (Phi) is 5.67. The summed E-state index contributed by atoms with van der Waals surface area (Å²) in [5.74, 6) is -1.66. The molecule has 182 valence electrons. The fraction of sp³-hybridized carbons (Fsp3) is 0.296. The third-order valence-corrected chi connectivity index (χ3v) is 7.44. The zero-order valence-electron chi connectivity index (χ0n) is 19.4. The van der Waals surface area contributed by atoms with Crippen LogP contribution < -0.4 is 14.2 Å². The largest absolute Gasteiger partial charge is 0.496 e. The quantitative estimate of drug-likeness (QED) is 0.519. The van der Waals surface area contributed by atoms with Crippen LogP contribution in [0.2, 0.25) is 5.02 Å². The Morgan fingerprint density at radius 2 is 1.69 bits per heavy atom. The van der Waals surface area contributed by atoms with E-state index in [1.54, 1.807) is 36.4 Å². The first kappa shape index (κ1) is 23.5. The number of hydrogen-bond donors (Lipinski definition) is 2. The van der Waals surface area contributed by atoms with E-state index < -0.39 is 35.1 Å². The monoisotopic (exact) mass is 496 g/mol. The van der Waals surface area contributed by atoms with Crippen molar-refractivity contribution < 1.29 is 34.0 Å². The van der Waals surface area contributed by atoms with Crippen LogP contribution in [-0.2, 0) is 20.7 Å². The Hall–Kier alpha value is -3.26. The summed E-state index contributed by atoms with van der Waals surface area (Å²) in [5.41, 5.74) is -2.27.